The van der Waals surface area contributed by atoms with E-state index >= 15 is 0 Å². The van der Waals surface area contributed by atoms with E-state index in [-0.39, 0.29) is 11.6 Å². The van der Waals surface area contributed by atoms with Crippen molar-refractivity contribution in [2.24, 2.45) is 7.05 Å². The standard InChI is InChI=1S/C13H9Cl3N2O4/c1-18-8(9(19)17-12(21)13(14,15)16)11(20)22-10(18)7-5-3-2-4-6-7/h2-6H,1H3,(H-,17,19,20,21). The van der Waals surface area contributed by atoms with Crippen LogP contribution in [-0.4, -0.2) is 15.6 Å². The molecule has 0 fully saturated rings. The molecule has 2 amide bonds. The van der Waals surface area contributed by atoms with Gasteiger partial charge in [-0.2, -0.15) is 4.57 Å². The van der Waals surface area contributed by atoms with Crippen LogP contribution in [0.2, 0.25) is 0 Å². The van der Waals surface area contributed by atoms with Crippen molar-refractivity contribution in [1.29, 1.82) is 0 Å². The number of carbonyl (C=O) groups is 2. The Hall–Kier alpha value is -1.76. The van der Waals surface area contributed by atoms with Gasteiger partial charge in [0.15, 0.2) is 0 Å². The number of nitrogens with zero attached hydrogens (tertiary/aromatic N) is 1. The van der Waals surface area contributed by atoms with Crippen LogP contribution in [0.5, 0.6) is 5.95 Å². The SMILES string of the molecule is C[n+]1c(-c2ccccc2)oc([O-])c1C(=O)NC(=O)C(Cl)(Cl)Cl. The second-order valence-electron chi connectivity index (χ2n) is 4.25. The zero-order valence-electron chi connectivity index (χ0n) is 11.1. The normalized spacial score (nSPS) is 11.3. The van der Waals surface area contributed by atoms with Gasteiger partial charge in [-0.05, 0) is 12.1 Å². The molecule has 0 atom stereocenters. The van der Waals surface area contributed by atoms with Crippen LogP contribution in [-0.2, 0) is 11.8 Å². The van der Waals surface area contributed by atoms with Crippen molar-refractivity contribution in [3.05, 3.63) is 36.0 Å². The number of alkyl halides is 3. The third kappa shape index (κ3) is 3.35. The Labute approximate surface area is 140 Å². The minimum atomic E-state index is -2.32. The van der Waals surface area contributed by atoms with Crippen molar-refractivity contribution in [3.8, 4) is 17.4 Å². The summed E-state index contributed by atoms with van der Waals surface area (Å²) in [5, 5.41) is 13.7. The highest BCUT2D eigenvalue weighted by atomic mass is 35.6. The average molecular weight is 364 g/mol. The molecular weight excluding hydrogens is 355 g/mol. The number of aromatic nitrogens is 1. The van der Waals surface area contributed by atoms with Gasteiger partial charge in [-0.15, -0.1) is 0 Å². The highest BCUT2D eigenvalue weighted by Crippen LogP contribution is 2.26. The van der Waals surface area contributed by atoms with Gasteiger partial charge in [-0.3, -0.25) is 14.9 Å². The molecule has 22 heavy (non-hydrogen) atoms. The number of imide groups is 1. The number of hydrogen-bond acceptors (Lipinski definition) is 4. The largest absolute Gasteiger partial charge is 0.540 e. The number of nitrogens with one attached hydrogen (secondary N) is 1. The van der Waals surface area contributed by atoms with Gasteiger partial charge in [0.05, 0.1) is 5.56 Å². The minimum Gasteiger partial charge on any atom is -0.540 e. The molecule has 1 aromatic heterocycles. The van der Waals surface area contributed by atoms with Crippen LogP contribution >= 0.6 is 34.8 Å². The summed E-state index contributed by atoms with van der Waals surface area (Å²) in [5.41, 5.74) is 0.204. The van der Waals surface area contributed by atoms with Crippen LogP contribution in [0.4, 0.5) is 0 Å². The number of amides is 2. The fraction of sp³-hybridized carbons (Fsp3) is 0.154. The van der Waals surface area contributed by atoms with Gasteiger partial charge in [0, 0.05) is 0 Å². The topological polar surface area (TPSA) is 86.2 Å². The Kier molecular flexibility index (Phi) is 4.65. The minimum absolute atomic E-state index is 0.164. The molecule has 0 aliphatic rings. The summed E-state index contributed by atoms with van der Waals surface area (Å²) in [7, 11) is 1.45. The quantitative estimate of drug-likeness (QED) is 0.647. The van der Waals surface area contributed by atoms with Gasteiger partial charge in [0.2, 0.25) is 0 Å². The smallest absolute Gasteiger partial charge is 0.324 e. The van der Waals surface area contributed by atoms with Crippen LogP contribution in [0.1, 0.15) is 10.5 Å². The Morgan fingerprint density at radius 3 is 2.36 bits per heavy atom. The zero-order chi connectivity index (χ0) is 16.5. The van der Waals surface area contributed by atoms with Crippen LogP contribution < -0.4 is 15.0 Å². The van der Waals surface area contributed by atoms with E-state index in [1.165, 1.54) is 11.6 Å². The lowest BCUT2D eigenvalue weighted by Gasteiger charge is -2.08. The number of halogens is 3. The lowest BCUT2D eigenvalue weighted by Crippen LogP contribution is -2.45. The summed E-state index contributed by atoms with van der Waals surface area (Å²) in [6.45, 7) is 0. The first-order valence-electron chi connectivity index (χ1n) is 5.89. The molecule has 6 nitrogen and oxygen atoms in total. The Morgan fingerprint density at radius 2 is 1.82 bits per heavy atom. The molecule has 1 N–H and O–H groups in total. The molecule has 2 rings (SSSR count). The van der Waals surface area contributed by atoms with Gasteiger partial charge in [0.1, 0.15) is 13.0 Å². The summed E-state index contributed by atoms with van der Waals surface area (Å²) < 4.78 is 3.96. The first-order chi connectivity index (χ1) is 10.2. The maximum atomic E-state index is 12.0. The highest BCUT2D eigenvalue weighted by molar-refractivity contribution is 6.76. The summed E-state index contributed by atoms with van der Waals surface area (Å²) in [6, 6.07) is 8.68. The van der Waals surface area contributed by atoms with E-state index in [9.17, 15) is 14.7 Å². The third-order valence-electron chi connectivity index (χ3n) is 2.74. The van der Waals surface area contributed by atoms with Crippen molar-refractivity contribution in [2.45, 2.75) is 3.79 Å². The molecule has 0 spiro atoms. The lowest BCUT2D eigenvalue weighted by atomic mass is 10.2. The number of benzene rings is 1. The van der Waals surface area contributed by atoms with Gasteiger partial charge in [-0.25, -0.2) is 0 Å². The van der Waals surface area contributed by atoms with E-state index in [1.54, 1.807) is 30.3 Å². The molecule has 9 heteroatoms. The van der Waals surface area contributed by atoms with E-state index in [0.29, 0.717) is 5.56 Å². The number of carbonyl (C=O) groups excluding carboxylic acids is 2. The third-order valence-corrected chi connectivity index (χ3v) is 3.26. The van der Waals surface area contributed by atoms with Gasteiger partial charge >= 0.3 is 5.91 Å². The molecular formula is C13H9Cl3N2O4. The van der Waals surface area contributed by atoms with E-state index in [1.807, 2.05) is 5.32 Å². The maximum absolute atomic E-state index is 12.0. The maximum Gasteiger partial charge on any atom is 0.324 e. The molecule has 0 aliphatic carbocycles. The lowest BCUT2D eigenvalue weighted by molar-refractivity contribution is -0.665. The van der Waals surface area contributed by atoms with Crippen LogP contribution in [0, 0.1) is 0 Å². The Balaban J connectivity index is 2.35. The zero-order valence-corrected chi connectivity index (χ0v) is 13.4. The van der Waals surface area contributed by atoms with Crippen LogP contribution in [0.3, 0.4) is 0 Å². The number of hydrogen-bond donors (Lipinski definition) is 1. The fourth-order valence-corrected chi connectivity index (χ4v) is 1.90. The summed E-state index contributed by atoms with van der Waals surface area (Å²) in [6.07, 6.45) is 0. The molecule has 0 saturated carbocycles. The highest BCUT2D eigenvalue weighted by Gasteiger charge is 2.35. The summed E-state index contributed by atoms with van der Waals surface area (Å²) in [4.78, 5) is 23.5. The van der Waals surface area contributed by atoms with Crippen LogP contribution in [0.25, 0.3) is 11.5 Å². The predicted molar refractivity (Wildman–Crippen MR) is 77.5 cm³/mol. The Bertz CT molecular complexity index is 723. The van der Waals surface area contributed by atoms with Crippen molar-refractivity contribution in [3.63, 3.8) is 0 Å². The molecule has 0 unspecified atom stereocenters. The number of rotatable bonds is 2. The van der Waals surface area contributed by atoms with Crippen LogP contribution in [0.15, 0.2) is 34.7 Å². The average Bonchev–Trinajstić information content (AvgIpc) is 2.74. The molecule has 0 aliphatic heterocycles. The monoisotopic (exact) mass is 362 g/mol. The van der Waals surface area contributed by atoms with Crippen molar-refractivity contribution in [2.75, 3.05) is 0 Å². The van der Waals surface area contributed by atoms with Crippen molar-refractivity contribution >= 4 is 46.6 Å². The molecule has 0 bridgehead atoms. The fourth-order valence-electron chi connectivity index (χ4n) is 1.75. The second-order valence-corrected chi connectivity index (χ2v) is 6.53. The van der Waals surface area contributed by atoms with E-state index < -0.39 is 21.6 Å². The molecule has 1 heterocycles. The second kappa shape index (κ2) is 6.16. The first kappa shape index (κ1) is 16.6. The Morgan fingerprint density at radius 1 is 1.23 bits per heavy atom. The summed E-state index contributed by atoms with van der Waals surface area (Å²) in [5.74, 6) is -2.92. The molecule has 2 aromatic rings. The van der Waals surface area contributed by atoms with E-state index in [0.717, 1.165) is 0 Å². The van der Waals surface area contributed by atoms with Gasteiger partial charge < -0.3 is 9.52 Å². The van der Waals surface area contributed by atoms with Crippen molar-refractivity contribution < 1.29 is 23.7 Å². The predicted octanol–water partition coefficient (Wildman–Crippen LogP) is 1.47. The van der Waals surface area contributed by atoms with E-state index in [4.69, 9.17) is 39.2 Å². The number of oxazole rings is 1. The molecule has 1 aromatic carbocycles. The first-order valence-corrected chi connectivity index (χ1v) is 7.03. The van der Waals surface area contributed by atoms with Crippen molar-refractivity contribution in [1.82, 2.24) is 5.32 Å². The van der Waals surface area contributed by atoms with Gasteiger partial charge in [-0.1, -0.05) is 53.0 Å². The van der Waals surface area contributed by atoms with Gasteiger partial charge in [0.25, 0.3) is 21.3 Å². The molecule has 116 valence electrons. The van der Waals surface area contributed by atoms with E-state index in [2.05, 4.69) is 0 Å². The molecule has 0 saturated heterocycles. The molecule has 0 radical (unpaired) electrons. The summed E-state index contributed by atoms with van der Waals surface area (Å²) >= 11 is 16.1.